The highest BCUT2D eigenvalue weighted by Crippen LogP contribution is 2.02. The fraction of sp³-hybridized carbons (Fsp3) is 0.429. The van der Waals surface area contributed by atoms with Crippen molar-refractivity contribution in [2.75, 3.05) is 7.11 Å². The predicted octanol–water partition coefficient (Wildman–Crippen LogP) is 0.951. The molecule has 4 nitrogen and oxygen atoms in total. The van der Waals surface area contributed by atoms with Crippen LogP contribution in [0, 0.1) is 11.3 Å². The molecule has 0 aromatic rings. The van der Waals surface area contributed by atoms with Crippen LogP contribution in [0.3, 0.4) is 0 Å². The first kappa shape index (κ1) is 9.66. The van der Waals surface area contributed by atoms with E-state index in [1.165, 1.54) is 7.11 Å². The van der Waals surface area contributed by atoms with Gasteiger partial charge in [0, 0.05) is 6.08 Å². The first-order valence-electron chi connectivity index (χ1n) is 3.09. The van der Waals surface area contributed by atoms with E-state index in [0.717, 1.165) is 6.08 Å². The maximum atomic E-state index is 10.8. The summed E-state index contributed by atoms with van der Waals surface area (Å²) in [6.45, 7) is 1.75. The summed E-state index contributed by atoms with van der Waals surface area (Å²) in [6, 6.07) is 1.74. The van der Waals surface area contributed by atoms with Crippen molar-refractivity contribution in [3.8, 4) is 6.07 Å². The lowest BCUT2D eigenvalue weighted by Crippen LogP contribution is -2.06. The van der Waals surface area contributed by atoms with Crippen molar-refractivity contribution in [3.63, 3.8) is 0 Å². The number of hydrogen-bond donors (Lipinski definition) is 0. The molecule has 11 heavy (non-hydrogen) atoms. The lowest BCUT2D eigenvalue weighted by Gasteiger charge is -1.98. The molecule has 0 rings (SSSR count). The van der Waals surface area contributed by atoms with Crippen molar-refractivity contribution < 1.29 is 14.6 Å². The Morgan fingerprint density at radius 2 is 2.36 bits per heavy atom. The topological polar surface area (TPSA) is 59.3 Å². The molecule has 0 bridgehead atoms. The second-order valence-corrected chi connectivity index (χ2v) is 1.69. The molecule has 0 atom stereocenters. The summed E-state index contributed by atoms with van der Waals surface area (Å²) < 4.78 is 0. The van der Waals surface area contributed by atoms with Crippen LogP contribution >= 0.6 is 0 Å². The predicted molar refractivity (Wildman–Crippen MR) is 37.1 cm³/mol. The van der Waals surface area contributed by atoms with Crippen LogP contribution in [0.25, 0.3) is 0 Å². The zero-order chi connectivity index (χ0) is 8.69. The number of carbonyl (C=O) groups excluding carboxylic acids is 1. The van der Waals surface area contributed by atoms with E-state index < -0.39 is 5.97 Å². The Bertz CT molecular complexity index is 202. The Balaban J connectivity index is 4.17. The van der Waals surface area contributed by atoms with E-state index in [2.05, 4.69) is 9.78 Å². The molecular formula is C7H9NO3. The minimum atomic E-state index is -0.614. The van der Waals surface area contributed by atoms with Crippen molar-refractivity contribution in [1.82, 2.24) is 0 Å². The second-order valence-electron chi connectivity index (χ2n) is 1.69. The van der Waals surface area contributed by atoms with Gasteiger partial charge in [0.2, 0.25) is 0 Å². The van der Waals surface area contributed by atoms with E-state index in [1.54, 1.807) is 13.0 Å². The SMILES string of the molecule is CCC(=CC#N)C(=O)OOC. The largest absolute Gasteiger partial charge is 0.369 e. The Hall–Kier alpha value is -1.34. The minimum Gasteiger partial charge on any atom is -0.293 e. The molecule has 0 amide bonds. The van der Waals surface area contributed by atoms with Crippen LogP contribution in [0.5, 0.6) is 0 Å². The van der Waals surface area contributed by atoms with Gasteiger partial charge in [0.15, 0.2) is 0 Å². The highest BCUT2D eigenvalue weighted by Gasteiger charge is 2.08. The molecule has 0 aromatic carbocycles. The van der Waals surface area contributed by atoms with Gasteiger partial charge in [-0.05, 0) is 6.42 Å². The Labute approximate surface area is 64.9 Å². The van der Waals surface area contributed by atoms with Gasteiger partial charge < -0.3 is 0 Å². The van der Waals surface area contributed by atoms with Gasteiger partial charge in [-0.15, -0.1) is 0 Å². The zero-order valence-corrected chi connectivity index (χ0v) is 6.46. The molecule has 60 valence electrons. The van der Waals surface area contributed by atoms with Gasteiger partial charge in [-0.25, -0.2) is 4.79 Å². The average molecular weight is 155 g/mol. The molecule has 0 aliphatic heterocycles. The summed E-state index contributed by atoms with van der Waals surface area (Å²) in [5.74, 6) is -0.614. The van der Waals surface area contributed by atoms with E-state index in [-0.39, 0.29) is 0 Å². The summed E-state index contributed by atoms with van der Waals surface area (Å²) in [5.41, 5.74) is 0.300. The normalized spacial score (nSPS) is 10.5. The Kier molecular flexibility index (Phi) is 4.78. The number of nitriles is 1. The molecule has 0 aromatic heterocycles. The van der Waals surface area contributed by atoms with Crippen molar-refractivity contribution >= 4 is 5.97 Å². The van der Waals surface area contributed by atoms with Crippen LogP contribution in [0.4, 0.5) is 0 Å². The smallest absolute Gasteiger partial charge is 0.293 e. The first-order valence-corrected chi connectivity index (χ1v) is 3.09. The van der Waals surface area contributed by atoms with Gasteiger partial charge in [-0.3, -0.25) is 4.89 Å². The summed E-state index contributed by atoms with van der Waals surface area (Å²) in [6.07, 6.45) is 1.59. The van der Waals surface area contributed by atoms with E-state index in [4.69, 9.17) is 5.26 Å². The third-order valence-electron chi connectivity index (χ3n) is 1.04. The number of nitrogens with zero attached hydrogens (tertiary/aromatic N) is 1. The molecule has 0 N–H and O–H groups in total. The molecule has 4 heteroatoms. The number of allylic oxidation sites excluding steroid dienone is 1. The number of carbonyl (C=O) groups is 1. The third kappa shape index (κ3) is 3.38. The Morgan fingerprint density at radius 3 is 2.73 bits per heavy atom. The van der Waals surface area contributed by atoms with E-state index >= 15 is 0 Å². The van der Waals surface area contributed by atoms with E-state index in [0.29, 0.717) is 12.0 Å². The fourth-order valence-electron chi connectivity index (χ4n) is 0.512. The minimum absolute atomic E-state index is 0.300. The summed E-state index contributed by atoms with van der Waals surface area (Å²) in [7, 11) is 1.23. The quantitative estimate of drug-likeness (QED) is 0.263. The van der Waals surface area contributed by atoms with Crippen molar-refractivity contribution in [2.45, 2.75) is 13.3 Å². The summed E-state index contributed by atoms with van der Waals surface area (Å²) >= 11 is 0. The summed E-state index contributed by atoms with van der Waals surface area (Å²) in [4.78, 5) is 19.1. The molecule has 0 fully saturated rings. The van der Waals surface area contributed by atoms with Crippen molar-refractivity contribution in [2.24, 2.45) is 0 Å². The maximum Gasteiger partial charge on any atom is 0.369 e. The molecule has 0 spiro atoms. The maximum absolute atomic E-state index is 10.8. The van der Waals surface area contributed by atoms with Crippen LogP contribution in [0.15, 0.2) is 11.6 Å². The van der Waals surface area contributed by atoms with Crippen LogP contribution in [-0.2, 0) is 14.6 Å². The van der Waals surface area contributed by atoms with Crippen LogP contribution in [0.2, 0.25) is 0 Å². The van der Waals surface area contributed by atoms with Crippen LogP contribution in [-0.4, -0.2) is 13.1 Å². The van der Waals surface area contributed by atoms with Gasteiger partial charge in [0.25, 0.3) is 0 Å². The van der Waals surface area contributed by atoms with E-state index in [1.807, 2.05) is 0 Å². The van der Waals surface area contributed by atoms with Gasteiger partial charge in [0.05, 0.1) is 18.8 Å². The van der Waals surface area contributed by atoms with Gasteiger partial charge in [0.1, 0.15) is 0 Å². The Morgan fingerprint density at radius 1 is 1.73 bits per heavy atom. The highest BCUT2D eigenvalue weighted by atomic mass is 17.2. The monoisotopic (exact) mass is 155 g/mol. The average Bonchev–Trinajstić information content (AvgIpc) is 2.00. The lowest BCUT2D eigenvalue weighted by molar-refractivity contribution is -0.250. The van der Waals surface area contributed by atoms with Crippen LogP contribution < -0.4 is 0 Å². The molecule has 0 saturated carbocycles. The van der Waals surface area contributed by atoms with Crippen LogP contribution in [0.1, 0.15) is 13.3 Å². The molecule has 0 aliphatic carbocycles. The van der Waals surface area contributed by atoms with E-state index in [9.17, 15) is 4.79 Å². The third-order valence-corrected chi connectivity index (χ3v) is 1.04. The first-order chi connectivity index (χ1) is 5.26. The van der Waals surface area contributed by atoms with Gasteiger partial charge >= 0.3 is 5.97 Å². The molecule has 0 aliphatic rings. The highest BCUT2D eigenvalue weighted by molar-refractivity contribution is 5.88. The molecule has 0 saturated heterocycles. The van der Waals surface area contributed by atoms with Gasteiger partial charge in [-0.2, -0.15) is 10.1 Å². The molecule has 0 radical (unpaired) electrons. The molecule has 0 unspecified atom stereocenters. The zero-order valence-electron chi connectivity index (χ0n) is 6.46. The summed E-state index contributed by atoms with van der Waals surface area (Å²) in [5, 5.41) is 8.21. The molecule has 0 heterocycles. The standard InChI is InChI=1S/C7H9NO3/c1-3-6(4-5-8)7(9)11-10-2/h4H,3H2,1-2H3. The second kappa shape index (κ2) is 5.45. The van der Waals surface area contributed by atoms with Gasteiger partial charge in [-0.1, -0.05) is 6.92 Å². The van der Waals surface area contributed by atoms with Crippen molar-refractivity contribution in [1.29, 1.82) is 5.26 Å². The number of hydrogen-bond acceptors (Lipinski definition) is 4. The van der Waals surface area contributed by atoms with Crippen molar-refractivity contribution in [3.05, 3.63) is 11.6 Å². The fourth-order valence-corrected chi connectivity index (χ4v) is 0.512. The molecular weight excluding hydrogens is 146 g/mol. The lowest BCUT2D eigenvalue weighted by atomic mass is 10.2. The number of rotatable bonds is 3.